The molecule has 1 aliphatic rings. The molecule has 0 radical (unpaired) electrons. The van der Waals surface area contributed by atoms with Crippen LogP contribution in [0.4, 0.5) is 0 Å². The maximum atomic E-state index is 13.6. The van der Waals surface area contributed by atoms with E-state index in [2.05, 4.69) is 0 Å². The minimum absolute atomic E-state index is 0.0114. The monoisotopic (exact) mass is 520 g/mol. The largest absolute Gasteiger partial charge is 0.497 e. The van der Waals surface area contributed by atoms with E-state index in [0.29, 0.717) is 33.6 Å². The number of ether oxygens (including phenoxy) is 2. The molecule has 5 rings (SSSR count). The van der Waals surface area contributed by atoms with E-state index < -0.39 is 21.7 Å². The Morgan fingerprint density at radius 1 is 1.05 bits per heavy atom. The molecular formula is C28H28N2O6S. The lowest BCUT2D eigenvalue weighted by Crippen LogP contribution is -2.37. The number of benzene rings is 2. The smallest absolute Gasteiger partial charge is 0.275 e. The van der Waals surface area contributed by atoms with Crippen LogP contribution >= 0.6 is 0 Å². The number of ketones is 1. The highest BCUT2D eigenvalue weighted by Crippen LogP contribution is 2.43. The van der Waals surface area contributed by atoms with E-state index in [-0.39, 0.29) is 28.5 Å². The quantitative estimate of drug-likeness (QED) is 0.393. The van der Waals surface area contributed by atoms with Crippen LogP contribution < -0.4 is 15.0 Å². The summed E-state index contributed by atoms with van der Waals surface area (Å²) in [5, 5.41) is 0.454. The molecule has 2 aromatic carbocycles. The fourth-order valence-corrected chi connectivity index (χ4v) is 6.15. The van der Waals surface area contributed by atoms with E-state index in [1.54, 1.807) is 43.6 Å². The van der Waals surface area contributed by atoms with Crippen molar-refractivity contribution in [3.63, 3.8) is 0 Å². The summed E-state index contributed by atoms with van der Waals surface area (Å²) in [6.45, 7) is 5.73. The third-order valence-electron chi connectivity index (χ3n) is 6.76. The van der Waals surface area contributed by atoms with Gasteiger partial charge in [-0.05, 0) is 43.2 Å². The second-order valence-electron chi connectivity index (χ2n) is 9.74. The molecular weight excluding hydrogens is 492 g/mol. The summed E-state index contributed by atoms with van der Waals surface area (Å²) >= 11 is 0. The minimum Gasteiger partial charge on any atom is -0.497 e. The second kappa shape index (κ2) is 8.92. The number of methoxy groups -OCH3 is 1. The predicted octanol–water partition coefficient (Wildman–Crippen LogP) is 4.09. The minimum atomic E-state index is -4.03. The van der Waals surface area contributed by atoms with Gasteiger partial charge >= 0.3 is 0 Å². The first kappa shape index (κ1) is 24.8. The molecule has 1 unspecified atom stereocenters. The molecule has 1 aliphatic heterocycles. The summed E-state index contributed by atoms with van der Waals surface area (Å²) < 4.78 is 41.3. The number of pyridine rings is 1. The van der Waals surface area contributed by atoms with Crippen molar-refractivity contribution in [3.8, 4) is 22.6 Å². The number of fused-ring (bicyclic) bond motifs is 2. The average molecular weight is 521 g/mol. The van der Waals surface area contributed by atoms with Gasteiger partial charge in [0, 0.05) is 47.9 Å². The molecule has 0 bridgehead atoms. The van der Waals surface area contributed by atoms with Gasteiger partial charge in [0.15, 0.2) is 11.9 Å². The van der Waals surface area contributed by atoms with Gasteiger partial charge in [-0.15, -0.1) is 0 Å². The first-order valence-electron chi connectivity index (χ1n) is 12.0. The Balaban J connectivity index is 1.79. The van der Waals surface area contributed by atoms with Gasteiger partial charge in [0.25, 0.3) is 15.6 Å². The van der Waals surface area contributed by atoms with Crippen molar-refractivity contribution in [2.75, 3.05) is 7.11 Å². The first-order valence-corrected chi connectivity index (χ1v) is 13.4. The number of aryl methyl sites for hydroxylation is 2. The number of carbonyl (C=O) groups is 1. The zero-order chi connectivity index (χ0) is 26.6. The molecule has 0 spiro atoms. The number of nitrogens with zero attached hydrogens (tertiary/aromatic N) is 2. The van der Waals surface area contributed by atoms with E-state index in [1.807, 2.05) is 20.8 Å². The Morgan fingerprint density at radius 2 is 1.76 bits per heavy atom. The molecule has 192 valence electrons. The lowest BCUT2D eigenvalue weighted by Gasteiger charge is -2.30. The van der Waals surface area contributed by atoms with E-state index in [0.717, 1.165) is 9.54 Å². The summed E-state index contributed by atoms with van der Waals surface area (Å²) in [7, 11) is -0.917. The molecule has 0 saturated carbocycles. The van der Waals surface area contributed by atoms with Crippen LogP contribution in [-0.4, -0.2) is 36.0 Å². The molecule has 9 heteroatoms. The molecule has 37 heavy (non-hydrogen) atoms. The van der Waals surface area contributed by atoms with Gasteiger partial charge in [0.05, 0.1) is 12.0 Å². The van der Waals surface area contributed by atoms with Crippen LogP contribution in [0.1, 0.15) is 25.0 Å². The summed E-state index contributed by atoms with van der Waals surface area (Å²) in [4.78, 5) is 26.1. The third-order valence-corrected chi connectivity index (χ3v) is 8.45. The Morgan fingerprint density at radius 3 is 2.41 bits per heavy atom. The van der Waals surface area contributed by atoms with Gasteiger partial charge in [-0.2, -0.15) is 0 Å². The lowest BCUT2D eigenvalue weighted by atomic mass is 9.90. The van der Waals surface area contributed by atoms with Crippen LogP contribution in [0.2, 0.25) is 0 Å². The maximum absolute atomic E-state index is 13.6. The van der Waals surface area contributed by atoms with E-state index in [4.69, 9.17) is 9.47 Å². The summed E-state index contributed by atoms with van der Waals surface area (Å²) in [5.74, 6) is 1.02. The number of rotatable bonds is 5. The fourth-order valence-electron chi connectivity index (χ4n) is 4.81. The predicted molar refractivity (Wildman–Crippen MR) is 141 cm³/mol. The standard InChI is InChI=1S/C28H28N2O6S/c1-16(2)26-24(31)13-18-12-19(35-5)14-22(27(18)36-26)23-15-29(4)28(32)25-21(23)10-11-30(25)37(33,34)20-8-6-17(3)7-9-20/h6-12,14-16,26H,13H2,1-5H3. The average Bonchev–Trinajstić information content (AvgIpc) is 3.31. The molecule has 3 heterocycles. The van der Waals surface area contributed by atoms with E-state index in [1.165, 1.54) is 30.0 Å². The molecule has 4 aromatic rings. The van der Waals surface area contributed by atoms with Gasteiger partial charge < -0.3 is 14.0 Å². The summed E-state index contributed by atoms with van der Waals surface area (Å²) in [6, 6.07) is 11.7. The van der Waals surface area contributed by atoms with Crippen LogP contribution in [0.25, 0.3) is 22.0 Å². The Hall–Kier alpha value is -3.85. The Kier molecular flexibility index (Phi) is 5.98. The summed E-state index contributed by atoms with van der Waals surface area (Å²) in [6.07, 6.45) is 2.65. The highest BCUT2D eigenvalue weighted by atomic mass is 32.2. The summed E-state index contributed by atoms with van der Waals surface area (Å²) in [5.41, 5.74) is 2.41. The van der Waals surface area contributed by atoms with Crippen LogP contribution in [0.15, 0.2) is 64.5 Å². The van der Waals surface area contributed by atoms with Crippen molar-refractivity contribution < 1.29 is 22.7 Å². The number of aromatic nitrogens is 2. The number of hydrogen-bond donors (Lipinski definition) is 0. The van der Waals surface area contributed by atoms with Crippen molar-refractivity contribution in [2.24, 2.45) is 13.0 Å². The highest BCUT2D eigenvalue weighted by molar-refractivity contribution is 7.90. The van der Waals surface area contributed by atoms with Gasteiger partial charge in [-0.1, -0.05) is 31.5 Å². The van der Waals surface area contributed by atoms with Crippen molar-refractivity contribution in [3.05, 3.63) is 76.3 Å². The van der Waals surface area contributed by atoms with Gasteiger partial charge in [-0.25, -0.2) is 12.4 Å². The molecule has 0 N–H and O–H groups in total. The SMILES string of the molecule is COc1cc2c(c(-c3cn(C)c(=O)c4c3ccn4S(=O)(=O)c3ccc(C)cc3)c1)OC(C(C)C)C(=O)C2. The number of hydrogen-bond acceptors (Lipinski definition) is 6. The third kappa shape index (κ3) is 4.03. The zero-order valence-electron chi connectivity index (χ0n) is 21.3. The highest BCUT2D eigenvalue weighted by Gasteiger charge is 2.33. The molecule has 0 aliphatic carbocycles. The molecule has 0 amide bonds. The number of carbonyl (C=O) groups excluding carboxylic acids is 1. The van der Waals surface area contributed by atoms with Crippen molar-refractivity contribution in [1.82, 2.24) is 8.54 Å². The van der Waals surface area contributed by atoms with Gasteiger partial charge in [0.1, 0.15) is 17.0 Å². The fraction of sp³-hybridized carbons (Fsp3) is 0.286. The van der Waals surface area contributed by atoms with E-state index in [9.17, 15) is 18.0 Å². The first-order chi connectivity index (χ1) is 17.5. The second-order valence-corrected chi connectivity index (χ2v) is 11.6. The van der Waals surface area contributed by atoms with E-state index >= 15 is 0 Å². The van der Waals surface area contributed by atoms with Crippen LogP contribution in [-0.2, 0) is 28.3 Å². The van der Waals surface area contributed by atoms with Crippen LogP contribution in [0, 0.1) is 12.8 Å². The maximum Gasteiger partial charge on any atom is 0.275 e. The van der Waals surface area contributed by atoms with Crippen molar-refractivity contribution in [2.45, 2.75) is 38.2 Å². The number of Topliss-reactive ketones (excluding diaryl/α,β-unsaturated/α-hetero) is 1. The van der Waals surface area contributed by atoms with Crippen molar-refractivity contribution >= 4 is 26.7 Å². The Labute approximate surface area is 215 Å². The molecule has 1 atom stereocenters. The Bertz CT molecular complexity index is 1710. The molecule has 0 fully saturated rings. The molecule has 2 aromatic heterocycles. The van der Waals surface area contributed by atoms with Gasteiger partial charge in [0.2, 0.25) is 0 Å². The topological polar surface area (TPSA) is 96.6 Å². The van der Waals surface area contributed by atoms with Gasteiger partial charge in [-0.3, -0.25) is 9.59 Å². The zero-order valence-corrected chi connectivity index (χ0v) is 22.1. The molecule has 8 nitrogen and oxygen atoms in total. The van der Waals surface area contributed by atoms with Crippen molar-refractivity contribution in [1.29, 1.82) is 0 Å². The normalized spacial score (nSPS) is 15.6. The van der Waals surface area contributed by atoms with Crippen LogP contribution in [0.5, 0.6) is 11.5 Å². The lowest BCUT2D eigenvalue weighted by molar-refractivity contribution is -0.128. The van der Waals surface area contributed by atoms with Crippen LogP contribution in [0.3, 0.4) is 0 Å². The molecule has 0 saturated heterocycles.